The first-order valence-electron chi connectivity index (χ1n) is 5.15. The third kappa shape index (κ3) is 4.56. The van der Waals surface area contributed by atoms with Gasteiger partial charge in [-0.05, 0) is 18.8 Å². The van der Waals surface area contributed by atoms with Crippen LogP contribution in [0.1, 0.15) is 39.5 Å². The first-order valence-corrected chi connectivity index (χ1v) is 6.65. The minimum Gasteiger partial charge on any atom is -0.302 e. The lowest BCUT2D eigenvalue weighted by Gasteiger charge is -2.17. The van der Waals surface area contributed by atoms with Crippen LogP contribution < -0.4 is 0 Å². The van der Waals surface area contributed by atoms with E-state index >= 15 is 0 Å². The molecule has 5 heteroatoms. The number of rotatable bonds is 5. The Bertz CT molecular complexity index is 211. The van der Waals surface area contributed by atoms with Gasteiger partial charge < -0.3 is 4.89 Å². The maximum absolute atomic E-state index is 11.4. The Kier molecular flexibility index (Phi) is 4.58. The van der Waals surface area contributed by atoms with Gasteiger partial charge in [0.15, 0.2) is 0 Å². The van der Waals surface area contributed by atoms with Crippen molar-refractivity contribution in [3.8, 4) is 0 Å². The smallest absolute Gasteiger partial charge is 0.302 e. The van der Waals surface area contributed by atoms with Crippen molar-refractivity contribution in [1.29, 1.82) is 0 Å². The summed E-state index contributed by atoms with van der Waals surface area (Å²) in [4.78, 5) is 9.33. The highest BCUT2D eigenvalue weighted by Crippen LogP contribution is 2.47. The van der Waals surface area contributed by atoms with Crippen LogP contribution in [0.2, 0.25) is 0 Å². The summed E-state index contributed by atoms with van der Waals surface area (Å²) in [7, 11) is -3.80. The van der Waals surface area contributed by atoms with Gasteiger partial charge in [0.25, 0.3) is 0 Å². The van der Waals surface area contributed by atoms with E-state index in [0.29, 0.717) is 0 Å². The molecule has 0 aliphatic heterocycles. The highest BCUT2D eigenvalue weighted by Gasteiger charge is 2.28. The van der Waals surface area contributed by atoms with E-state index < -0.39 is 7.82 Å². The second kappa shape index (κ2) is 5.26. The standard InChI is InChI=1S/C9H19O4P/c1-8(2)7-12-14(10,11)13-9-5-3-4-6-9/h8-9H,3-7H2,1-2H3,(H,10,11). The maximum atomic E-state index is 11.4. The van der Waals surface area contributed by atoms with Crippen LogP contribution in [-0.2, 0) is 13.6 Å². The Morgan fingerprint density at radius 3 is 2.50 bits per heavy atom. The Hall–Kier alpha value is 0.110. The minimum absolute atomic E-state index is 0.0852. The average Bonchev–Trinajstić information content (AvgIpc) is 2.53. The molecule has 0 amide bonds. The average molecular weight is 222 g/mol. The summed E-state index contributed by atoms with van der Waals surface area (Å²) < 4.78 is 21.3. The first kappa shape index (κ1) is 12.2. The molecule has 0 bridgehead atoms. The zero-order chi connectivity index (χ0) is 10.6. The molecule has 1 unspecified atom stereocenters. The van der Waals surface area contributed by atoms with E-state index in [-0.39, 0.29) is 18.6 Å². The lowest BCUT2D eigenvalue weighted by atomic mass is 10.2. The van der Waals surface area contributed by atoms with E-state index in [4.69, 9.17) is 9.05 Å². The predicted octanol–water partition coefficient (Wildman–Crippen LogP) is 2.72. The molecule has 1 rings (SSSR count). The van der Waals surface area contributed by atoms with Crippen LogP contribution in [0.15, 0.2) is 0 Å². The van der Waals surface area contributed by atoms with Crippen molar-refractivity contribution >= 4 is 7.82 Å². The number of phosphoric ester groups is 1. The fraction of sp³-hybridized carbons (Fsp3) is 1.00. The van der Waals surface area contributed by atoms with Gasteiger partial charge in [0.2, 0.25) is 0 Å². The predicted molar refractivity (Wildman–Crippen MR) is 54.0 cm³/mol. The Morgan fingerprint density at radius 2 is 2.00 bits per heavy atom. The monoisotopic (exact) mass is 222 g/mol. The van der Waals surface area contributed by atoms with Gasteiger partial charge in [-0.1, -0.05) is 26.7 Å². The Morgan fingerprint density at radius 1 is 1.43 bits per heavy atom. The molecule has 0 radical (unpaired) electrons. The fourth-order valence-electron chi connectivity index (χ4n) is 1.46. The van der Waals surface area contributed by atoms with Crippen molar-refractivity contribution in [2.75, 3.05) is 6.61 Å². The van der Waals surface area contributed by atoms with Crippen molar-refractivity contribution < 1.29 is 18.5 Å². The molecule has 0 aromatic heterocycles. The summed E-state index contributed by atoms with van der Waals surface area (Å²) in [5.41, 5.74) is 0. The summed E-state index contributed by atoms with van der Waals surface area (Å²) in [6.07, 6.45) is 3.81. The van der Waals surface area contributed by atoms with Crippen molar-refractivity contribution in [2.24, 2.45) is 5.92 Å². The highest BCUT2D eigenvalue weighted by molar-refractivity contribution is 7.47. The molecule has 0 heterocycles. The van der Waals surface area contributed by atoms with E-state index in [1.165, 1.54) is 0 Å². The number of hydrogen-bond donors (Lipinski definition) is 1. The second-order valence-electron chi connectivity index (χ2n) is 4.17. The summed E-state index contributed by atoms with van der Waals surface area (Å²) in [5.74, 6) is 0.239. The van der Waals surface area contributed by atoms with Gasteiger partial charge in [-0.3, -0.25) is 9.05 Å². The SMILES string of the molecule is CC(C)COP(=O)(O)OC1CCCC1. The van der Waals surface area contributed by atoms with Crippen molar-refractivity contribution in [2.45, 2.75) is 45.6 Å². The van der Waals surface area contributed by atoms with E-state index in [0.717, 1.165) is 25.7 Å². The second-order valence-corrected chi connectivity index (χ2v) is 5.58. The van der Waals surface area contributed by atoms with Crippen LogP contribution in [-0.4, -0.2) is 17.6 Å². The van der Waals surface area contributed by atoms with Gasteiger partial charge in [-0.2, -0.15) is 0 Å². The summed E-state index contributed by atoms with van der Waals surface area (Å²) in [5, 5.41) is 0. The molecule has 1 aliphatic carbocycles. The van der Waals surface area contributed by atoms with E-state index in [1.807, 2.05) is 13.8 Å². The summed E-state index contributed by atoms with van der Waals surface area (Å²) >= 11 is 0. The molecule has 4 nitrogen and oxygen atoms in total. The van der Waals surface area contributed by atoms with Crippen LogP contribution >= 0.6 is 7.82 Å². The van der Waals surface area contributed by atoms with Crippen LogP contribution in [0.25, 0.3) is 0 Å². The molecule has 1 N–H and O–H groups in total. The van der Waals surface area contributed by atoms with Gasteiger partial charge >= 0.3 is 7.82 Å². The lowest BCUT2D eigenvalue weighted by Crippen LogP contribution is -2.09. The van der Waals surface area contributed by atoms with Crippen molar-refractivity contribution in [3.63, 3.8) is 0 Å². The quantitative estimate of drug-likeness (QED) is 0.726. The molecular formula is C9H19O4P. The molecule has 14 heavy (non-hydrogen) atoms. The van der Waals surface area contributed by atoms with Crippen LogP contribution in [0.5, 0.6) is 0 Å². The van der Waals surface area contributed by atoms with Crippen LogP contribution in [0.3, 0.4) is 0 Å². The Labute approximate surface area is 85.2 Å². The van der Waals surface area contributed by atoms with Crippen molar-refractivity contribution in [1.82, 2.24) is 0 Å². The molecule has 0 aromatic carbocycles. The third-order valence-corrected chi connectivity index (χ3v) is 3.20. The van der Waals surface area contributed by atoms with Gasteiger partial charge in [0.05, 0.1) is 12.7 Å². The normalized spacial score (nSPS) is 22.9. The van der Waals surface area contributed by atoms with Crippen LogP contribution in [0.4, 0.5) is 0 Å². The van der Waals surface area contributed by atoms with E-state index in [9.17, 15) is 9.46 Å². The molecule has 0 aromatic rings. The topological polar surface area (TPSA) is 55.8 Å². The minimum atomic E-state index is -3.80. The largest absolute Gasteiger partial charge is 0.472 e. The van der Waals surface area contributed by atoms with E-state index in [1.54, 1.807) is 0 Å². The zero-order valence-electron chi connectivity index (χ0n) is 8.81. The molecule has 1 atom stereocenters. The third-order valence-electron chi connectivity index (χ3n) is 2.16. The number of hydrogen-bond acceptors (Lipinski definition) is 3. The molecule has 0 saturated heterocycles. The molecule has 1 fully saturated rings. The first-order chi connectivity index (χ1) is 6.49. The van der Waals surface area contributed by atoms with Crippen molar-refractivity contribution in [3.05, 3.63) is 0 Å². The molecular weight excluding hydrogens is 203 g/mol. The molecule has 1 aliphatic rings. The van der Waals surface area contributed by atoms with Crippen LogP contribution in [0, 0.1) is 5.92 Å². The van der Waals surface area contributed by atoms with Gasteiger partial charge in [0.1, 0.15) is 0 Å². The molecule has 1 saturated carbocycles. The van der Waals surface area contributed by atoms with Gasteiger partial charge in [-0.25, -0.2) is 4.57 Å². The maximum Gasteiger partial charge on any atom is 0.472 e. The van der Waals surface area contributed by atoms with Gasteiger partial charge in [-0.15, -0.1) is 0 Å². The molecule has 0 spiro atoms. The van der Waals surface area contributed by atoms with Gasteiger partial charge in [0, 0.05) is 0 Å². The Balaban J connectivity index is 2.29. The fourth-order valence-corrected chi connectivity index (χ4v) is 2.59. The van der Waals surface area contributed by atoms with E-state index in [2.05, 4.69) is 0 Å². The number of phosphoric acid groups is 1. The summed E-state index contributed by atoms with van der Waals surface area (Å²) in [6.45, 7) is 4.12. The summed E-state index contributed by atoms with van der Waals surface area (Å²) in [6, 6.07) is 0. The highest BCUT2D eigenvalue weighted by atomic mass is 31.2. The lowest BCUT2D eigenvalue weighted by molar-refractivity contribution is 0.0993. The zero-order valence-corrected chi connectivity index (χ0v) is 9.70. The molecule has 84 valence electrons.